The number of nitrogens with one attached hydrogen (secondary N) is 2. The zero-order valence-electron chi connectivity index (χ0n) is 12.1. The van der Waals surface area contributed by atoms with E-state index in [2.05, 4.69) is 15.5 Å². The van der Waals surface area contributed by atoms with Crippen LogP contribution in [0.3, 0.4) is 0 Å². The predicted molar refractivity (Wildman–Crippen MR) is 81.2 cm³/mol. The SMILES string of the molecule is CSCCC(NC(=O)NCCN1CCCCC1)C(=O)O. The third-order valence-electron chi connectivity index (χ3n) is 3.38. The topological polar surface area (TPSA) is 81.7 Å². The van der Waals surface area contributed by atoms with Gasteiger partial charge in [-0.2, -0.15) is 11.8 Å². The zero-order valence-corrected chi connectivity index (χ0v) is 12.9. The molecule has 6 nitrogen and oxygen atoms in total. The van der Waals surface area contributed by atoms with Gasteiger partial charge in [-0.15, -0.1) is 0 Å². The molecule has 3 N–H and O–H groups in total. The smallest absolute Gasteiger partial charge is 0.326 e. The largest absolute Gasteiger partial charge is 0.480 e. The molecule has 1 aliphatic heterocycles. The van der Waals surface area contributed by atoms with Crippen LogP contribution in [0.5, 0.6) is 0 Å². The lowest BCUT2D eigenvalue weighted by Crippen LogP contribution is -2.48. The molecular formula is C13H25N3O3S. The first-order valence-corrected chi connectivity index (χ1v) is 8.51. The van der Waals surface area contributed by atoms with Gasteiger partial charge in [-0.25, -0.2) is 9.59 Å². The van der Waals surface area contributed by atoms with Crippen LogP contribution in [-0.4, -0.2) is 66.2 Å². The summed E-state index contributed by atoms with van der Waals surface area (Å²) in [5, 5.41) is 14.3. The highest BCUT2D eigenvalue weighted by Gasteiger charge is 2.19. The number of carboxylic acids is 1. The monoisotopic (exact) mass is 303 g/mol. The molecule has 1 atom stereocenters. The van der Waals surface area contributed by atoms with Crippen LogP contribution in [0, 0.1) is 0 Å². The van der Waals surface area contributed by atoms with Crippen LogP contribution in [0.15, 0.2) is 0 Å². The Bertz CT molecular complexity index is 309. The van der Waals surface area contributed by atoms with Crippen molar-refractivity contribution in [3.63, 3.8) is 0 Å². The van der Waals surface area contributed by atoms with Crippen LogP contribution in [0.25, 0.3) is 0 Å². The Balaban J connectivity index is 2.18. The van der Waals surface area contributed by atoms with Gasteiger partial charge in [0.25, 0.3) is 0 Å². The number of nitrogens with zero attached hydrogens (tertiary/aromatic N) is 1. The fraction of sp³-hybridized carbons (Fsp3) is 0.846. The first kappa shape index (κ1) is 17.1. The molecule has 2 amide bonds. The molecule has 1 rings (SSSR count). The Morgan fingerprint density at radius 3 is 2.60 bits per heavy atom. The molecule has 1 heterocycles. The highest BCUT2D eigenvalue weighted by atomic mass is 32.2. The van der Waals surface area contributed by atoms with E-state index in [1.807, 2.05) is 6.26 Å². The minimum absolute atomic E-state index is 0.393. The van der Waals surface area contributed by atoms with Gasteiger partial charge in [0, 0.05) is 13.1 Å². The quantitative estimate of drug-likeness (QED) is 0.623. The highest BCUT2D eigenvalue weighted by molar-refractivity contribution is 7.98. The summed E-state index contributed by atoms with van der Waals surface area (Å²) in [7, 11) is 0. The summed E-state index contributed by atoms with van der Waals surface area (Å²) >= 11 is 1.57. The summed E-state index contributed by atoms with van der Waals surface area (Å²) in [6.45, 7) is 3.57. The molecule has 0 bridgehead atoms. The van der Waals surface area contributed by atoms with Gasteiger partial charge in [-0.05, 0) is 44.4 Å². The van der Waals surface area contributed by atoms with Crippen LogP contribution in [-0.2, 0) is 4.79 Å². The summed E-state index contributed by atoms with van der Waals surface area (Å²) in [6, 6.07) is -1.20. The number of carbonyl (C=O) groups excluding carboxylic acids is 1. The van der Waals surface area contributed by atoms with Crippen LogP contribution in [0.2, 0.25) is 0 Å². The van der Waals surface area contributed by atoms with Crippen molar-refractivity contribution in [2.45, 2.75) is 31.7 Å². The van der Waals surface area contributed by atoms with Crippen LogP contribution < -0.4 is 10.6 Å². The van der Waals surface area contributed by atoms with Gasteiger partial charge >= 0.3 is 12.0 Å². The Morgan fingerprint density at radius 2 is 2.00 bits per heavy atom. The molecule has 0 aromatic heterocycles. The number of carboxylic acid groups (broad SMARTS) is 1. The predicted octanol–water partition coefficient (Wildman–Crippen LogP) is 0.978. The molecule has 0 radical (unpaired) electrons. The van der Waals surface area contributed by atoms with Gasteiger partial charge in [0.1, 0.15) is 6.04 Å². The second-order valence-corrected chi connectivity index (χ2v) is 5.96. The highest BCUT2D eigenvalue weighted by Crippen LogP contribution is 2.07. The number of urea groups is 1. The Hall–Kier alpha value is -0.950. The number of hydrogen-bond acceptors (Lipinski definition) is 4. The summed E-state index contributed by atoms with van der Waals surface area (Å²) in [4.78, 5) is 25.0. The summed E-state index contributed by atoms with van der Waals surface area (Å²) in [5.74, 6) is -0.268. The summed E-state index contributed by atoms with van der Waals surface area (Å²) in [5.41, 5.74) is 0. The molecule has 0 aromatic rings. The number of carbonyl (C=O) groups is 2. The third kappa shape index (κ3) is 7.00. The number of likely N-dealkylation sites (tertiary alicyclic amines) is 1. The minimum Gasteiger partial charge on any atom is -0.480 e. The fourth-order valence-corrected chi connectivity index (χ4v) is 2.68. The van der Waals surface area contributed by atoms with Crippen molar-refractivity contribution in [1.29, 1.82) is 0 Å². The third-order valence-corrected chi connectivity index (χ3v) is 4.02. The van der Waals surface area contributed by atoms with E-state index in [4.69, 9.17) is 5.11 Å². The maximum Gasteiger partial charge on any atom is 0.326 e. The van der Waals surface area contributed by atoms with Crippen molar-refractivity contribution in [1.82, 2.24) is 15.5 Å². The van der Waals surface area contributed by atoms with Gasteiger partial charge in [0.15, 0.2) is 0 Å². The summed E-state index contributed by atoms with van der Waals surface area (Å²) in [6.07, 6.45) is 6.09. The molecular weight excluding hydrogens is 278 g/mol. The van der Waals surface area contributed by atoms with E-state index in [-0.39, 0.29) is 0 Å². The lowest BCUT2D eigenvalue weighted by molar-refractivity contribution is -0.139. The van der Waals surface area contributed by atoms with Crippen molar-refractivity contribution in [2.24, 2.45) is 0 Å². The van der Waals surface area contributed by atoms with Crippen molar-refractivity contribution >= 4 is 23.8 Å². The molecule has 116 valence electrons. The lowest BCUT2D eigenvalue weighted by Gasteiger charge is -2.26. The van der Waals surface area contributed by atoms with E-state index >= 15 is 0 Å². The zero-order chi connectivity index (χ0) is 14.8. The molecule has 0 aliphatic carbocycles. The molecule has 20 heavy (non-hydrogen) atoms. The minimum atomic E-state index is -0.981. The average molecular weight is 303 g/mol. The van der Waals surface area contributed by atoms with E-state index in [1.165, 1.54) is 19.3 Å². The van der Waals surface area contributed by atoms with Crippen LogP contribution in [0.1, 0.15) is 25.7 Å². The van der Waals surface area contributed by atoms with E-state index < -0.39 is 18.0 Å². The second kappa shape index (κ2) is 9.88. The molecule has 1 aliphatic rings. The molecule has 0 aromatic carbocycles. The maximum absolute atomic E-state index is 11.7. The Labute approximate surface area is 124 Å². The molecule has 1 fully saturated rings. The second-order valence-electron chi connectivity index (χ2n) is 4.97. The summed E-state index contributed by atoms with van der Waals surface area (Å²) < 4.78 is 0. The number of piperidine rings is 1. The van der Waals surface area contributed by atoms with Gasteiger partial charge in [0.05, 0.1) is 0 Å². The van der Waals surface area contributed by atoms with Crippen LogP contribution in [0.4, 0.5) is 4.79 Å². The number of amides is 2. The van der Waals surface area contributed by atoms with Gasteiger partial charge in [-0.3, -0.25) is 0 Å². The van der Waals surface area contributed by atoms with E-state index in [0.29, 0.717) is 18.7 Å². The fourth-order valence-electron chi connectivity index (χ4n) is 2.21. The van der Waals surface area contributed by atoms with Crippen molar-refractivity contribution in [3.05, 3.63) is 0 Å². The molecule has 0 spiro atoms. The van der Waals surface area contributed by atoms with Crippen LogP contribution >= 0.6 is 11.8 Å². The number of rotatable bonds is 8. The van der Waals surface area contributed by atoms with E-state index in [1.54, 1.807) is 11.8 Å². The maximum atomic E-state index is 11.7. The molecule has 7 heteroatoms. The molecule has 0 saturated carbocycles. The lowest BCUT2D eigenvalue weighted by atomic mass is 10.1. The number of hydrogen-bond donors (Lipinski definition) is 3. The first-order valence-electron chi connectivity index (χ1n) is 7.12. The first-order chi connectivity index (χ1) is 9.63. The van der Waals surface area contributed by atoms with Crippen molar-refractivity contribution in [2.75, 3.05) is 38.2 Å². The molecule has 1 unspecified atom stereocenters. The Morgan fingerprint density at radius 1 is 1.30 bits per heavy atom. The van der Waals surface area contributed by atoms with E-state index in [0.717, 1.165) is 19.6 Å². The van der Waals surface area contributed by atoms with Gasteiger partial charge < -0.3 is 20.6 Å². The Kier molecular flexibility index (Phi) is 8.45. The normalized spacial score (nSPS) is 17.4. The van der Waals surface area contributed by atoms with Crippen molar-refractivity contribution < 1.29 is 14.7 Å². The van der Waals surface area contributed by atoms with Gasteiger partial charge in [-0.1, -0.05) is 6.42 Å². The average Bonchev–Trinajstić information content (AvgIpc) is 2.44. The van der Waals surface area contributed by atoms with Gasteiger partial charge in [0.2, 0.25) is 0 Å². The number of aliphatic carboxylic acids is 1. The molecule has 1 saturated heterocycles. The number of thioether (sulfide) groups is 1. The van der Waals surface area contributed by atoms with Crippen molar-refractivity contribution in [3.8, 4) is 0 Å². The van der Waals surface area contributed by atoms with E-state index in [9.17, 15) is 9.59 Å². The standard InChI is InChI=1S/C13H25N3O3S/c1-20-10-5-11(12(17)18)15-13(19)14-6-9-16-7-3-2-4-8-16/h11H,2-10H2,1H3,(H,17,18)(H2,14,15,19).